The van der Waals surface area contributed by atoms with E-state index < -0.39 is 6.04 Å². The third-order valence-electron chi connectivity index (χ3n) is 4.18. The molecule has 2 unspecified atom stereocenters. The van der Waals surface area contributed by atoms with Gasteiger partial charge in [-0.1, -0.05) is 0 Å². The van der Waals surface area contributed by atoms with Crippen molar-refractivity contribution in [3.63, 3.8) is 0 Å². The number of hydrogen-bond donors (Lipinski definition) is 1. The van der Waals surface area contributed by atoms with Crippen LogP contribution in [0, 0.1) is 0 Å². The van der Waals surface area contributed by atoms with Crippen molar-refractivity contribution in [2.75, 3.05) is 14.2 Å². The first-order chi connectivity index (χ1) is 11.1. The first-order valence-electron chi connectivity index (χ1n) is 7.41. The number of aromatic nitrogens is 4. The molecule has 0 bridgehead atoms. The normalized spacial score (nSPS) is 17.4. The van der Waals surface area contributed by atoms with Crippen molar-refractivity contribution in [3.8, 4) is 11.5 Å². The molecule has 1 aliphatic rings. The number of carbonyl (C=O) groups excluding carboxylic acids is 1. The molecule has 1 aliphatic carbocycles. The van der Waals surface area contributed by atoms with Gasteiger partial charge in [-0.3, -0.25) is 4.79 Å². The molecule has 23 heavy (non-hydrogen) atoms. The van der Waals surface area contributed by atoms with Gasteiger partial charge < -0.3 is 14.8 Å². The minimum absolute atomic E-state index is 0.0452. The fraction of sp³-hybridized carbons (Fsp3) is 0.467. The van der Waals surface area contributed by atoms with Gasteiger partial charge in [0.2, 0.25) is 5.91 Å². The van der Waals surface area contributed by atoms with Crippen LogP contribution in [-0.2, 0) is 11.2 Å². The maximum atomic E-state index is 12.4. The van der Waals surface area contributed by atoms with Crippen LogP contribution >= 0.6 is 0 Å². The fourth-order valence-corrected chi connectivity index (χ4v) is 2.84. The molecule has 1 aromatic carbocycles. The third-order valence-corrected chi connectivity index (χ3v) is 4.18. The summed E-state index contributed by atoms with van der Waals surface area (Å²) < 4.78 is 12.1. The zero-order valence-corrected chi connectivity index (χ0v) is 13.3. The molecule has 1 N–H and O–H groups in total. The number of hydrogen-bond acceptors (Lipinski definition) is 6. The van der Waals surface area contributed by atoms with Gasteiger partial charge in [-0.25, -0.2) is 4.68 Å². The largest absolute Gasteiger partial charge is 0.493 e. The van der Waals surface area contributed by atoms with Gasteiger partial charge in [-0.05, 0) is 53.5 Å². The van der Waals surface area contributed by atoms with E-state index in [-0.39, 0.29) is 11.9 Å². The maximum absolute atomic E-state index is 12.4. The highest BCUT2D eigenvalue weighted by Crippen LogP contribution is 2.39. The van der Waals surface area contributed by atoms with Crippen molar-refractivity contribution >= 4 is 5.91 Å². The van der Waals surface area contributed by atoms with Crippen molar-refractivity contribution < 1.29 is 14.3 Å². The van der Waals surface area contributed by atoms with Crippen molar-refractivity contribution in [2.45, 2.75) is 31.8 Å². The average molecular weight is 317 g/mol. The lowest BCUT2D eigenvalue weighted by Crippen LogP contribution is -2.33. The van der Waals surface area contributed by atoms with E-state index >= 15 is 0 Å². The smallest absolute Gasteiger partial charge is 0.245 e. The van der Waals surface area contributed by atoms with Crippen molar-refractivity contribution in [2.24, 2.45) is 0 Å². The maximum Gasteiger partial charge on any atom is 0.245 e. The molecule has 8 heteroatoms. The molecule has 0 radical (unpaired) electrons. The highest BCUT2D eigenvalue weighted by atomic mass is 16.5. The van der Waals surface area contributed by atoms with Crippen LogP contribution in [0.25, 0.3) is 0 Å². The van der Waals surface area contributed by atoms with E-state index in [1.807, 2.05) is 12.1 Å². The predicted molar refractivity (Wildman–Crippen MR) is 81.3 cm³/mol. The molecule has 0 aliphatic heterocycles. The van der Waals surface area contributed by atoms with Crippen LogP contribution in [0.5, 0.6) is 11.5 Å². The van der Waals surface area contributed by atoms with Crippen LogP contribution in [0.4, 0.5) is 0 Å². The third kappa shape index (κ3) is 2.84. The van der Waals surface area contributed by atoms with Crippen LogP contribution in [0.2, 0.25) is 0 Å². The Morgan fingerprint density at radius 2 is 2.09 bits per heavy atom. The number of tetrazole rings is 1. The zero-order valence-electron chi connectivity index (χ0n) is 13.3. The Hall–Kier alpha value is -2.64. The van der Waals surface area contributed by atoms with Gasteiger partial charge in [0.25, 0.3) is 0 Å². The first kappa shape index (κ1) is 15.3. The number of nitrogens with one attached hydrogen (secondary N) is 1. The summed E-state index contributed by atoms with van der Waals surface area (Å²) in [5.41, 5.74) is 2.24. The van der Waals surface area contributed by atoms with E-state index in [4.69, 9.17) is 9.47 Å². The van der Waals surface area contributed by atoms with E-state index in [0.29, 0.717) is 11.5 Å². The average Bonchev–Trinajstić information content (AvgIpc) is 3.23. The minimum atomic E-state index is -0.464. The lowest BCUT2D eigenvalue weighted by Gasteiger charge is -2.18. The number of benzene rings is 1. The van der Waals surface area contributed by atoms with Gasteiger partial charge in [0.15, 0.2) is 11.5 Å². The summed E-state index contributed by atoms with van der Waals surface area (Å²) in [6, 6.07) is 3.41. The Morgan fingerprint density at radius 3 is 2.74 bits per heavy atom. The summed E-state index contributed by atoms with van der Waals surface area (Å²) in [4.78, 5) is 12.4. The van der Waals surface area contributed by atoms with Crippen LogP contribution in [-0.4, -0.2) is 40.3 Å². The van der Waals surface area contributed by atoms with Crippen molar-refractivity contribution in [3.05, 3.63) is 29.6 Å². The molecule has 1 aromatic heterocycles. The van der Waals surface area contributed by atoms with E-state index in [1.165, 1.54) is 16.6 Å². The second-order valence-electron chi connectivity index (χ2n) is 5.47. The molecule has 122 valence electrons. The Morgan fingerprint density at radius 1 is 1.35 bits per heavy atom. The highest BCUT2D eigenvalue weighted by molar-refractivity contribution is 5.80. The standard InChI is InChI=1S/C15H19N5O3/c1-9(20-8-16-18-19-20)15(21)17-12-5-4-10-6-13(22-2)14(23-3)7-11(10)12/h6-9,12H,4-5H2,1-3H3,(H,17,21). The quantitative estimate of drug-likeness (QED) is 0.886. The second-order valence-corrected chi connectivity index (χ2v) is 5.47. The van der Waals surface area contributed by atoms with Crippen LogP contribution in [0.3, 0.4) is 0 Å². The Bertz CT molecular complexity index is 701. The molecular weight excluding hydrogens is 298 g/mol. The molecule has 0 saturated carbocycles. The van der Waals surface area contributed by atoms with E-state index in [1.54, 1.807) is 21.1 Å². The molecule has 0 fully saturated rings. The van der Waals surface area contributed by atoms with Gasteiger partial charge in [0.1, 0.15) is 12.4 Å². The molecule has 0 spiro atoms. The van der Waals surface area contributed by atoms with Crippen LogP contribution in [0.15, 0.2) is 18.5 Å². The second kappa shape index (κ2) is 6.23. The Labute approximate surface area is 133 Å². The number of fused-ring (bicyclic) bond motifs is 1. The van der Waals surface area contributed by atoms with E-state index in [0.717, 1.165) is 18.4 Å². The molecule has 0 saturated heterocycles. The summed E-state index contributed by atoms with van der Waals surface area (Å²) in [6.07, 6.45) is 3.17. The number of methoxy groups -OCH3 is 2. The topological polar surface area (TPSA) is 91.2 Å². The molecule has 3 rings (SSSR count). The van der Waals surface area contributed by atoms with Crippen LogP contribution < -0.4 is 14.8 Å². The molecule has 2 aromatic rings. The summed E-state index contributed by atoms with van der Waals surface area (Å²) >= 11 is 0. The monoisotopic (exact) mass is 317 g/mol. The fourth-order valence-electron chi connectivity index (χ4n) is 2.84. The summed E-state index contributed by atoms with van der Waals surface area (Å²) in [7, 11) is 3.22. The summed E-state index contributed by atoms with van der Waals surface area (Å²) in [6.45, 7) is 1.76. The van der Waals surface area contributed by atoms with E-state index in [9.17, 15) is 4.79 Å². The highest BCUT2D eigenvalue weighted by Gasteiger charge is 2.28. The van der Waals surface area contributed by atoms with Gasteiger partial charge in [-0.2, -0.15) is 0 Å². The van der Waals surface area contributed by atoms with E-state index in [2.05, 4.69) is 20.8 Å². The number of nitrogens with zero attached hydrogens (tertiary/aromatic N) is 4. The summed E-state index contributed by atoms with van der Waals surface area (Å²) in [5.74, 6) is 1.26. The molecule has 8 nitrogen and oxygen atoms in total. The van der Waals surface area contributed by atoms with Gasteiger partial charge in [-0.15, -0.1) is 5.10 Å². The van der Waals surface area contributed by atoms with Gasteiger partial charge >= 0.3 is 0 Å². The van der Waals surface area contributed by atoms with Gasteiger partial charge in [0, 0.05) is 0 Å². The zero-order chi connectivity index (χ0) is 16.4. The van der Waals surface area contributed by atoms with Crippen LogP contribution in [0.1, 0.15) is 36.6 Å². The lowest BCUT2D eigenvalue weighted by atomic mass is 10.1. The number of amides is 1. The van der Waals surface area contributed by atoms with Crippen molar-refractivity contribution in [1.29, 1.82) is 0 Å². The van der Waals surface area contributed by atoms with Gasteiger partial charge in [0.05, 0.1) is 20.3 Å². The lowest BCUT2D eigenvalue weighted by molar-refractivity contribution is -0.124. The molecule has 1 heterocycles. The minimum Gasteiger partial charge on any atom is -0.493 e. The summed E-state index contributed by atoms with van der Waals surface area (Å²) in [5, 5.41) is 13.9. The molecular formula is C15H19N5O3. The number of aryl methyl sites for hydroxylation is 1. The van der Waals surface area contributed by atoms with Crippen molar-refractivity contribution in [1.82, 2.24) is 25.5 Å². The molecule has 1 amide bonds. The number of rotatable bonds is 5. The first-order valence-corrected chi connectivity index (χ1v) is 7.41. The molecule has 2 atom stereocenters. The Balaban J connectivity index is 1.78. The SMILES string of the molecule is COc1cc2c(cc1OC)C(NC(=O)C(C)n1cnnn1)CC2. The number of ether oxygens (including phenoxy) is 2. The predicted octanol–water partition coefficient (Wildman–Crippen LogP) is 1.05. The number of carbonyl (C=O) groups is 1. The Kier molecular flexibility index (Phi) is 4.14.